The largest absolute Gasteiger partial charge is 0.507 e. The highest BCUT2D eigenvalue weighted by Gasteiger charge is 2.46. The molecule has 1 heterocycles. The SMILES string of the molecule is Cc1cc(/C(O)=C2/C(=O)C(=O)N(Cc3ccc(C(=O)O)cc3)C2c2ccc(C(C)(C)C)cc2)ccc1F. The van der Waals surface area contributed by atoms with E-state index in [1.54, 1.807) is 19.1 Å². The number of rotatable bonds is 5. The zero-order valence-corrected chi connectivity index (χ0v) is 21.1. The van der Waals surface area contributed by atoms with Crippen molar-refractivity contribution in [2.45, 2.75) is 45.7 Å². The van der Waals surface area contributed by atoms with Crippen LogP contribution in [0.25, 0.3) is 5.76 Å². The number of benzene rings is 3. The molecule has 0 radical (unpaired) electrons. The van der Waals surface area contributed by atoms with Gasteiger partial charge in [0, 0.05) is 12.1 Å². The van der Waals surface area contributed by atoms with E-state index in [2.05, 4.69) is 20.8 Å². The first kappa shape index (κ1) is 25.8. The average Bonchev–Trinajstić information content (AvgIpc) is 3.10. The molecule has 1 unspecified atom stereocenters. The number of hydrogen-bond acceptors (Lipinski definition) is 4. The maximum atomic E-state index is 13.9. The number of aromatic carboxylic acids is 1. The number of ketones is 1. The predicted octanol–water partition coefficient (Wildman–Crippen LogP) is 5.75. The molecule has 7 heteroatoms. The molecule has 0 spiro atoms. The number of nitrogens with zero attached hydrogens (tertiary/aromatic N) is 1. The van der Waals surface area contributed by atoms with Crippen molar-refractivity contribution >= 4 is 23.4 Å². The van der Waals surface area contributed by atoms with Gasteiger partial charge in [0.05, 0.1) is 17.2 Å². The molecule has 6 nitrogen and oxygen atoms in total. The van der Waals surface area contributed by atoms with E-state index in [0.29, 0.717) is 16.7 Å². The van der Waals surface area contributed by atoms with E-state index in [4.69, 9.17) is 0 Å². The van der Waals surface area contributed by atoms with E-state index in [-0.39, 0.29) is 34.4 Å². The van der Waals surface area contributed by atoms with E-state index in [1.807, 2.05) is 24.3 Å². The van der Waals surface area contributed by atoms with Gasteiger partial charge >= 0.3 is 5.97 Å². The summed E-state index contributed by atoms with van der Waals surface area (Å²) in [5, 5.41) is 20.4. The Morgan fingerprint density at radius 3 is 2.05 bits per heavy atom. The smallest absolute Gasteiger partial charge is 0.335 e. The van der Waals surface area contributed by atoms with E-state index in [0.717, 1.165) is 5.56 Å². The lowest BCUT2D eigenvalue weighted by molar-refractivity contribution is -0.140. The molecule has 37 heavy (non-hydrogen) atoms. The van der Waals surface area contributed by atoms with Crippen LogP contribution < -0.4 is 0 Å². The lowest BCUT2D eigenvalue weighted by Crippen LogP contribution is -2.29. The molecule has 3 aromatic rings. The number of carboxylic acid groups (broad SMARTS) is 1. The van der Waals surface area contributed by atoms with Crippen LogP contribution in [0.5, 0.6) is 0 Å². The summed E-state index contributed by atoms with van der Waals surface area (Å²) < 4.78 is 13.9. The Kier molecular flexibility index (Phi) is 6.74. The van der Waals surface area contributed by atoms with Gasteiger partial charge in [0.1, 0.15) is 11.6 Å². The molecular weight excluding hydrogens is 473 g/mol. The number of carboxylic acids is 1. The van der Waals surface area contributed by atoms with Crippen LogP contribution in [0.4, 0.5) is 4.39 Å². The third-order valence-electron chi connectivity index (χ3n) is 6.62. The van der Waals surface area contributed by atoms with Gasteiger partial charge in [0.15, 0.2) is 0 Å². The first-order valence-corrected chi connectivity index (χ1v) is 11.9. The fraction of sp³-hybridized carbons (Fsp3) is 0.233. The molecule has 0 saturated carbocycles. The third kappa shape index (κ3) is 5.03. The molecule has 1 saturated heterocycles. The lowest BCUT2D eigenvalue weighted by atomic mass is 9.85. The fourth-order valence-electron chi connectivity index (χ4n) is 4.45. The number of aliphatic hydroxyl groups is 1. The van der Waals surface area contributed by atoms with Gasteiger partial charge in [-0.2, -0.15) is 0 Å². The summed E-state index contributed by atoms with van der Waals surface area (Å²) in [6.45, 7) is 7.80. The predicted molar refractivity (Wildman–Crippen MR) is 138 cm³/mol. The molecule has 1 aliphatic heterocycles. The molecule has 3 aromatic carbocycles. The number of Topliss-reactive ketones (excluding diaryl/α,β-unsaturated/α-hetero) is 1. The Morgan fingerprint density at radius 2 is 1.51 bits per heavy atom. The summed E-state index contributed by atoms with van der Waals surface area (Å²) in [6.07, 6.45) is 0. The first-order chi connectivity index (χ1) is 17.4. The normalized spacial score (nSPS) is 17.3. The molecular formula is C30H28FNO5. The van der Waals surface area contributed by atoms with Gasteiger partial charge in [-0.05, 0) is 64.9 Å². The minimum Gasteiger partial charge on any atom is -0.507 e. The Balaban J connectivity index is 1.84. The summed E-state index contributed by atoms with van der Waals surface area (Å²) in [7, 11) is 0. The van der Waals surface area contributed by atoms with Crippen molar-refractivity contribution in [1.82, 2.24) is 4.90 Å². The molecule has 1 aliphatic rings. The molecule has 1 atom stereocenters. The van der Waals surface area contributed by atoms with E-state index in [9.17, 15) is 29.0 Å². The van der Waals surface area contributed by atoms with Crippen molar-refractivity contribution in [1.29, 1.82) is 0 Å². The van der Waals surface area contributed by atoms with E-state index < -0.39 is 29.5 Å². The minimum absolute atomic E-state index is 0.0232. The number of aryl methyl sites for hydroxylation is 1. The molecule has 1 amide bonds. The summed E-state index contributed by atoms with van der Waals surface area (Å²) >= 11 is 0. The molecule has 2 N–H and O–H groups in total. The quantitative estimate of drug-likeness (QED) is 0.264. The Bertz CT molecular complexity index is 1420. The van der Waals surface area contributed by atoms with Crippen molar-refractivity contribution in [3.8, 4) is 0 Å². The zero-order chi connectivity index (χ0) is 27.1. The Morgan fingerprint density at radius 1 is 0.919 bits per heavy atom. The first-order valence-electron chi connectivity index (χ1n) is 11.9. The van der Waals surface area contributed by atoms with Crippen LogP contribution >= 0.6 is 0 Å². The third-order valence-corrected chi connectivity index (χ3v) is 6.62. The van der Waals surface area contributed by atoms with Crippen molar-refractivity contribution < 1.29 is 29.0 Å². The number of halogens is 1. The van der Waals surface area contributed by atoms with Crippen LogP contribution in [0.3, 0.4) is 0 Å². The van der Waals surface area contributed by atoms with Crippen molar-refractivity contribution in [2.75, 3.05) is 0 Å². The summed E-state index contributed by atoms with van der Waals surface area (Å²) in [6, 6.07) is 16.7. The van der Waals surface area contributed by atoms with Crippen molar-refractivity contribution in [3.05, 3.63) is 112 Å². The minimum atomic E-state index is -1.07. The van der Waals surface area contributed by atoms with E-state index in [1.165, 1.54) is 35.2 Å². The number of carbonyl (C=O) groups is 3. The Hall–Kier alpha value is -4.26. The Labute approximate surface area is 214 Å². The fourth-order valence-corrected chi connectivity index (χ4v) is 4.45. The zero-order valence-electron chi connectivity index (χ0n) is 21.1. The van der Waals surface area contributed by atoms with Gasteiger partial charge in [-0.15, -0.1) is 0 Å². The summed E-state index contributed by atoms with van der Waals surface area (Å²) in [4.78, 5) is 39.1. The standard InChI is InChI=1S/C30H28FNO5/c1-17-15-21(11-14-23(17)31)26(33)24-25(19-9-12-22(13-10-19)30(2,3)4)32(28(35)27(24)34)16-18-5-7-20(8-6-18)29(36)37/h5-15,25,33H,16H2,1-4H3,(H,36,37)/b26-24-. The summed E-state index contributed by atoms with van der Waals surface area (Å²) in [5.41, 5.74) is 2.76. The van der Waals surface area contributed by atoms with Crippen LogP contribution in [0.15, 0.2) is 72.3 Å². The maximum absolute atomic E-state index is 13.9. The monoisotopic (exact) mass is 501 g/mol. The van der Waals surface area contributed by atoms with Crippen LogP contribution in [0, 0.1) is 12.7 Å². The second kappa shape index (κ2) is 9.65. The molecule has 4 rings (SSSR count). The highest BCUT2D eigenvalue weighted by Crippen LogP contribution is 2.41. The summed E-state index contributed by atoms with van der Waals surface area (Å²) in [5.74, 6) is -3.52. The number of aliphatic hydroxyl groups excluding tert-OH is 1. The van der Waals surface area contributed by atoms with Crippen LogP contribution in [0.2, 0.25) is 0 Å². The van der Waals surface area contributed by atoms with E-state index >= 15 is 0 Å². The second-order valence-corrected chi connectivity index (χ2v) is 10.3. The number of amides is 1. The van der Waals surface area contributed by atoms with Crippen LogP contribution in [-0.4, -0.2) is 32.8 Å². The highest BCUT2D eigenvalue weighted by molar-refractivity contribution is 6.46. The molecule has 190 valence electrons. The van der Waals surface area contributed by atoms with Gasteiger partial charge in [-0.1, -0.05) is 57.2 Å². The highest BCUT2D eigenvalue weighted by atomic mass is 19.1. The number of hydrogen-bond donors (Lipinski definition) is 2. The van der Waals surface area contributed by atoms with Gasteiger partial charge in [-0.25, -0.2) is 9.18 Å². The van der Waals surface area contributed by atoms with Crippen LogP contribution in [-0.2, 0) is 21.5 Å². The average molecular weight is 502 g/mol. The second-order valence-electron chi connectivity index (χ2n) is 10.3. The van der Waals surface area contributed by atoms with Gasteiger partial charge in [0.2, 0.25) is 0 Å². The van der Waals surface area contributed by atoms with Crippen LogP contribution in [0.1, 0.15) is 65.0 Å². The maximum Gasteiger partial charge on any atom is 0.335 e. The molecule has 0 aromatic heterocycles. The molecule has 1 fully saturated rings. The van der Waals surface area contributed by atoms with Gasteiger partial charge in [-0.3, -0.25) is 9.59 Å². The van der Waals surface area contributed by atoms with Crippen molar-refractivity contribution in [3.63, 3.8) is 0 Å². The number of likely N-dealkylation sites (tertiary alicyclic amines) is 1. The molecule has 0 aliphatic carbocycles. The van der Waals surface area contributed by atoms with Gasteiger partial charge < -0.3 is 15.1 Å². The molecule has 0 bridgehead atoms. The lowest BCUT2D eigenvalue weighted by Gasteiger charge is -2.26. The number of carbonyl (C=O) groups excluding carboxylic acids is 2. The topological polar surface area (TPSA) is 94.9 Å². The van der Waals surface area contributed by atoms with Gasteiger partial charge in [0.25, 0.3) is 11.7 Å². The van der Waals surface area contributed by atoms with Crippen molar-refractivity contribution in [2.24, 2.45) is 0 Å².